The van der Waals surface area contributed by atoms with Crippen molar-refractivity contribution in [1.29, 1.82) is 0 Å². The lowest BCUT2D eigenvalue weighted by Crippen LogP contribution is -2.62. The molecule has 2 aliphatic carbocycles. The van der Waals surface area contributed by atoms with Gasteiger partial charge in [-0.05, 0) is 64.7 Å². The molecule has 12 nitrogen and oxygen atoms in total. The van der Waals surface area contributed by atoms with Gasteiger partial charge in [0, 0.05) is 30.3 Å². The first-order chi connectivity index (χ1) is 26.4. The zero-order valence-corrected chi connectivity index (χ0v) is 31.8. The minimum atomic E-state index is -0.905. The van der Waals surface area contributed by atoms with Crippen molar-refractivity contribution in [3.63, 3.8) is 0 Å². The Bertz CT molecular complexity index is 2190. The maximum absolute atomic E-state index is 16.7. The number of piperazine rings is 1. The number of amides is 2. The summed E-state index contributed by atoms with van der Waals surface area (Å²) in [4.78, 5) is 60.2. The summed E-state index contributed by atoms with van der Waals surface area (Å²) in [5.41, 5.74) is 0.490. The predicted octanol–water partition coefficient (Wildman–Crippen LogP) is 7.60. The standard InChI is InChI=1S/C41H47F2N7O5/c1-41(2,3)55-40(53)48-18-19-49-28(21-48)38(51)47-34-35(49)25-20-27(43)33(30-26(42)16-11-17-29(30)54-4)46-37(25)50(39(34)52)36-31(23-12-7-5-8-13-23)44-22-45-32(36)24-14-9-6-10-15-24/h11,16-17,20,22-24,28H,5-10,12-15,18-19,21H2,1-4H3,(H,47,51)/t28-/m1/s1. The SMILES string of the molecule is COc1cccc(F)c1-c1nc2c(cc1F)c1c(c(=O)n2-c2c(C3CCCCC3)ncnc2C2CCCCC2)NC(=O)[C@H]2CN(C(=O)OC(C)(C)C)CCN12. The summed E-state index contributed by atoms with van der Waals surface area (Å²) in [6, 6.07) is 4.56. The van der Waals surface area contributed by atoms with Gasteiger partial charge in [0.05, 0.1) is 42.0 Å². The van der Waals surface area contributed by atoms with Crippen LogP contribution in [-0.2, 0) is 9.53 Å². The molecule has 1 aromatic carbocycles. The smallest absolute Gasteiger partial charge is 0.410 e. The second-order valence-electron chi connectivity index (χ2n) is 16.2. The number of halogens is 2. The molecule has 55 heavy (non-hydrogen) atoms. The minimum Gasteiger partial charge on any atom is -0.496 e. The third-order valence-corrected chi connectivity index (χ3v) is 11.5. The van der Waals surface area contributed by atoms with Crippen LogP contribution >= 0.6 is 0 Å². The maximum Gasteiger partial charge on any atom is 0.410 e. The van der Waals surface area contributed by atoms with Crippen LogP contribution in [0.3, 0.4) is 0 Å². The summed E-state index contributed by atoms with van der Waals surface area (Å²) in [7, 11) is 1.37. The highest BCUT2D eigenvalue weighted by molar-refractivity contribution is 6.10. The zero-order valence-electron chi connectivity index (χ0n) is 31.8. The monoisotopic (exact) mass is 755 g/mol. The van der Waals surface area contributed by atoms with E-state index in [1.54, 1.807) is 32.0 Å². The molecule has 0 spiro atoms. The van der Waals surface area contributed by atoms with Gasteiger partial charge in [-0.15, -0.1) is 0 Å². The summed E-state index contributed by atoms with van der Waals surface area (Å²) in [6.45, 7) is 5.63. The average Bonchev–Trinajstić information content (AvgIpc) is 3.18. The van der Waals surface area contributed by atoms with Gasteiger partial charge in [-0.2, -0.15) is 0 Å². The van der Waals surface area contributed by atoms with E-state index in [1.165, 1.54) is 40.8 Å². The van der Waals surface area contributed by atoms with Gasteiger partial charge in [0.1, 0.15) is 40.9 Å². The van der Waals surface area contributed by atoms with Crippen LogP contribution < -0.4 is 20.5 Å². The van der Waals surface area contributed by atoms with Crippen LogP contribution in [0, 0.1) is 11.6 Å². The van der Waals surface area contributed by atoms with Crippen molar-refractivity contribution in [1.82, 2.24) is 24.4 Å². The third-order valence-electron chi connectivity index (χ3n) is 11.5. The molecule has 4 aromatic rings. The molecule has 5 heterocycles. The Labute approximate surface area is 318 Å². The van der Waals surface area contributed by atoms with Gasteiger partial charge in [0.2, 0.25) is 5.91 Å². The van der Waals surface area contributed by atoms with Crippen LogP contribution in [-0.4, -0.2) is 74.8 Å². The number of benzene rings is 1. The normalized spacial score (nSPS) is 19.5. The van der Waals surface area contributed by atoms with Crippen molar-refractivity contribution in [3.05, 3.63) is 64.0 Å². The largest absolute Gasteiger partial charge is 0.496 e. The predicted molar refractivity (Wildman–Crippen MR) is 204 cm³/mol. The van der Waals surface area contributed by atoms with Crippen LogP contribution in [0.1, 0.15) is 108 Å². The fourth-order valence-electron chi connectivity index (χ4n) is 8.93. The number of pyridine rings is 2. The van der Waals surface area contributed by atoms with Crippen LogP contribution in [0.15, 0.2) is 35.4 Å². The van der Waals surface area contributed by atoms with E-state index in [2.05, 4.69) is 5.32 Å². The van der Waals surface area contributed by atoms with Gasteiger partial charge in [-0.25, -0.2) is 28.5 Å². The second kappa shape index (κ2) is 14.5. The molecule has 14 heteroatoms. The molecule has 3 aromatic heterocycles. The summed E-state index contributed by atoms with van der Waals surface area (Å²) in [5, 5.41) is 3.11. The van der Waals surface area contributed by atoms with Gasteiger partial charge in [0.25, 0.3) is 5.56 Å². The van der Waals surface area contributed by atoms with Crippen molar-refractivity contribution < 1.29 is 27.8 Å². The first kappa shape index (κ1) is 36.8. The second-order valence-corrected chi connectivity index (χ2v) is 16.2. The number of nitrogens with zero attached hydrogens (tertiary/aromatic N) is 6. The van der Waals surface area contributed by atoms with E-state index in [-0.39, 0.29) is 65.2 Å². The third kappa shape index (κ3) is 6.67. The van der Waals surface area contributed by atoms with Gasteiger partial charge in [-0.1, -0.05) is 44.6 Å². The van der Waals surface area contributed by atoms with Gasteiger partial charge in [0.15, 0.2) is 11.5 Å². The first-order valence-corrected chi connectivity index (χ1v) is 19.5. The molecule has 290 valence electrons. The lowest BCUT2D eigenvalue weighted by molar-refractivity contribution is -0.118. The van der Waals surface area contributed by atoms with E-state index in [0.717, 1.165) is 75.6 Å². The van der Waals surface area contributed by atoms with E-state index in [0.29, 0.717) is 11.4 Å². The van der Waals surface area contributed by atoms with Crippen molar-refractivity contribution in [2.24, 2.45) is 0 Å². The highest BCUT2D eigenvalue weighted by Crippen LogP contribution is 2.45. The number of carbonyl (C=O) groups is 2. The highest BCUT2D eigenvalue weighted by atomic mass is 19.1. The summed E-state index contributed by atoms with van der Waals surface area (Å²) < 4.78 is 44.9. The van der Waals surface area contributed by atoms with Crippen LogP contribution in [0.25, 0.3) is 28.0 Å². The van der Waals surface area contributed by atoms with Gasteiger partial charge >= 0.3 is 6.09 Å². The van der Waals surface area contributed by atoms with Crippen molar-refractivity contribution >= 4 is 34.4 Å². The van der Waals surface area contributed by atoms with E-state index >= 15 is 13.6 Å². The number of hydrogen-bond donors (Lipinski definition) is 1. The Hall–Kier alpha value is -5.14. The molecular weight excluding hydrogens is 708 g/mol. The summed E-state index contributed by atoms with van der Waals surface area (Å²) >= 11 is 0. The van der Waals surface area contributed by atoms with Gasteiger partial charge in [-0.3, -0.25) is 14.2 Å². The summed E-state index contributed by atoms with van der Waals surface area (Å²) in [5.74, 6) is -1.90. The fourth-order valence-corrected chi connectivity index (χ4v) is 8.93. The molecule has 4 aliphatic rings. The molecule has 0 unspecified atom stereocenters. The number of aromatic nitrogens is 4. The number of fused-ring (bicyclic) bond motifs is 5. The lowest BCUT2D eigenvalue weighted by Gasteiger charge is -2.45. The number of anilines is 2. The number of rotatable bonds is 5. The first-order valence-electron chi connectivity index (χ1n) is 19.5. The highest BCUT2D eigenvalue weighted by Gasteiger charge is 2.43. The minimum absolute atomic E-state index is 0.0185. The molecular formula is C41H47F2N7O5. The van der Waals surface area contributed by atoms with Crippen molar-refractivity contribution in [3.8, 4) is 22.7 Å². The molecule has 2 amide bonds. The van der Waals surface area contributed by atoms with Crippen LogP contribution in [0.2, 0.25) is 0 Å². The number of carbonyl (C=O) groups excluding carboxylic acids is 2. The maximum atomic E-state index is 16.7. The molecule has 2 aliphatic heterocycles. The van der Waals surface area contributed by atoms with Gasteiger partial charge < -0.3 is 24.6 Å². The molecule has 1 N–H and O–H groups in total. The molecule has 1 saturated heterocycles. The van der Waals surface area contributed by atoms with Crippen LogP contribution in [0.4, 0.5) is 25.0 Å². The average molecular weight is 756 g/mol. The summed E-state index contributed by atoms with van der Waals surface area (Å²) in [6.07, 6.45) is 10.8. The quantitative estimate of drug-likeness (QED) is 0.219. The van der Waals surface area contributed by atoms with Crippen molar-refractivity contribution in [2.45, 2.75) is 108 Å². The zero-order chi connectivity index (χ0) is 38.6. The fraction of sp³-hybridized carbons (Fsp3) is 0.512. The molecule has 2 saturated carbocycles. The molecule has 1 atom stereocenters. The van der Waals surface area contributed by atoms with E-state index in [4.69, 9.17) is 24.4 Å². The Balaban J connectivity index is 1.41. The van der Waals surface area contributed by atoms with Crippen LogP contribution in [0.5, 0.6) is 5.75 Å². The Morgan fingerprint density at radius 3 is 2.16 bits per heavy atom. The van der Waals surface area contributed by atoms with Crippen molar-refractivity contribution in [2.75, 3.05) is 37.0 Å². The topological polar surface area (TPSA) is 132 Å². The lowest BCUT2D eigenvalue weighted by atomic mass is 9.82. The Morgan fingerprint density at radius 1 is 0.891 bits per heavy atom. The Morgan fingerprint density at radius 2 is 1.55 bits per heavy atom. The van der Waals surface area contributed by atoms with E-state index in [9.17, 15) is 9.59 Å². The number of methoxy groups -OCH3 is 1. The molecule has 0 radical (unpaired) electrons. The number of ether oxygens (including phenoxy) is 2. The van der Waals surface area contributed by atoms with E-state index in [1.807, 2.05) is 0 Å². The van der Waals surface area contributed by atoms with E-state index < -0.39 is 40.8 Å². The molecule has 8 rings (SSSR count). The number of hydrogen-bond acceptors (Lipinski definition) is 9. The number of nitrogens with one attached hydrogen (secondary N) is 1. The Kier molecular flexibility index (Phi) is 9.71. The molecule has 0 bridgehead atoms. The molecule has 3 fully saturated rings.